The molecule has 196 valence electrons. The Kier molecular flexibility index (Phi) is 15.0. The summed E-state index contributed by atoms with van der Waals surface area (Å²) in [5.74, 6) is -0.863. The Hall–Kier alpha value is -2.45. The van der Waals surface area contributed by atoms with Crippen LogP contribution in [0.4, 0.5) is 0 Å². The monoisotopic (exact) mass is 577 g/mol. The van der Waals surface area contributed by atoms with E-state index >= 15 is 0 Å². The van der Waals surface area contributed by atoms with Crippen LogP contribution < -0.4 is 11.1 Å². The molecule has 0 unspecified atom stereocenters. The first-order valence-corrected chi connectivity index (χ1v) is 12.1. The Labute approximate surface area is 231 Å². The van der Waals surface area contributed by atoms with E-state index in [0.717, 1.165) is 58.2 Å². The zero-order chi connectivity index (χ0) is 25.6. The van der Waals surface area contributed by atoms with Crippen LogP contribution in [-0.2, 0) is 48.8 Å². The Balaban J connectivity index is 0.00000648. The zero-order valence-electron chi connectivity index (χ0n) is 21.0. The van der Waals surface area contributed by atoms with E-state index < -0.39 is 11.1 Å². The second-order valence-electron chi connectivity index (χ2n) is 8.66. The third-order valence-electron chi connectivity index (χ3n) is 5.70. The summed E-state index contributed by atoms with van der Waals surface area (Å²) in [5.41, 5.74) is -0.383. The Bertz CT molecular complexity index is 1020. The van der Waals surface area contributed by atoms with Crippen molar-refractivity contribution in [1.29, 1.82) is 0 Å². The maximum absolute atomic E-state index is 12.0. The fourth-order valence-corrected chi connectivity index (χ4v) is 3.74. The van der Waals surface area contributed by atoms with Crippen molar-refractivity contribution in [1.82, 2.24) is 14.0 Å². The van der Waals surface area contributed by atoms with E-state index in [2.05, 4.69) is 11.5 Å². The van der Waals surface area contributed by atoms with Gasteiger partial charge in [-0.25, -0.2) is 4.79 Å². The number of nitrogens with zero attached hydrogens (tertiary/aromatic N) is 3. The van der Waals surface area contributed by atoms with Gasteiger partial charge in [0.1, 0.15) is 0 Å². The minimum Gasteiger partial charge on any atom is -0.503 e. The number of hydrogen-bond donors (Lipinski definition) is 2. The van der Waals surface area contributed by atoms with Crippen molar-refractivity contribution >= 4 is 5.97 Å². The van der Waals surface area contributed by atoms with E-state index in [0.29, 0.717) is 25.3 Å². The number of carbonyl (C=O) groups is 1. The molecular weight excluding hydrogens is 542 g/mol. The van der Waals surface area contributed by atoms with Crippen LogP contribution in [0, 0.1) is 0 Å². The molecule has 0 aliphatic rings. The molecule has 2 aromatic heterocycles. The number of unbranched alkanes of at least 4 members (excludes halogenated alkanes) is 3. The minimum atomic E-state index is -0.394. The van der Waals surface area contributed by atoms with E-state index in [1.54, 1.807) is 31.5 Å². The number of aromatic hydroxyl groups is 2. The molecule has 0 saturated heterocycles. The van der Waals surface area contributed by atoms with E-state index in [1.165, 1.54) is 21.3 Å². The average Bonchev–Trinajstić information content (AvgIpc) is 2.83. The van der Waals surface area contributed by atoms with E-state index in [9.17, 15) is 24.6 Å². The van der Waals surface area contributed by atoms with Gasteiger partial charge >= 0.3 is 5.97 Å². The van der Waals surface area contributed by atoms with Crippen LogP contribution in [0.5, 0.6) is 11.5 Å². The smallest absolute Gasteiger partial charge is 0.333 e. The summed E-state index contributed by atoms with van der Waals surface area (Å²) in [4.78, 5) is 37.8. The van der Waals surface area contributed by atoms with E-state index in [-0.39, 0.29) is 43.7 Å². The first-order valence-electron chi connectivity index (χ1n) is 12.1. The van der Waals surface area contributed by atoms with Gasteiger partial charge in [0.05, 0.1) is 6.61 Å². The SMILES string of the molecule is C=C(C)C(=O)OCCCCCCN(CCCn1cccc(O)c1=O)CCCn1cccc(O)c1=O.[Zr]. The van der Waals surface area contributed by atoms with E-state index in [4.69, 9.17) is 4.74 Å². The Morgan fingerprint density at radius 1 is 0.861 bits per heavy atom. The van der Waals surface area contributed by atoms with Crippen LogP contribution in [0.2, 0.25) is 0 Å². The normalized spacial score (nSPS) is 10.7. The van der Waals surface area contributed by atoms with Gasteiger partial charge in [-0.2, -0.15) is 0 Å². The molecule has 0 radical (unpaired) electrons. The molecule has 0 atom stereocenters. The summed E-state index contributed by atoms with van der Waals surface area (Å²) in [6.45, 7) is 9.01. The third-order valence-corrected chi connectivity index (χ3v) is 5.70. The molecule has 2 N–H and O–H groups in total. The van der Waals surface area contributed by atoms with Gasteiger partial charge in [-0.1, -0.05) is 19.4 Å². The molecule has 0 aliphatic carbocycles. The number of hydrogen-bond acceptors (Lipinski definition) is 7. The molecule has 0 saturated carbocycles. The molecule has 0 aliphatic heterocycles. The van der Waals surface area contributed by atoms with Crippen molar-refractivity contribution in [3.05, 3.63) is 69.5 Å². The number of aryl methyl sites for hydroxylation is 2. The number of carbonyl (C=O) groups excluding carboxylic acids is 1. The third kappa shape index (κ3) is 11.1. The summed E-state index contributed by atoms with van der Waals surface area (Å²) < 4.78 is 8.13. The van der Waals surface area contributed by atoms with Gasteiger partial charge in [-0.15, -0.1) is 0 Å². The van der Waals surface area contributed by atoms with Crippen LogP contribution in [0.15, 0.2) is 58.4 Å². The molecule has 36 heavy (non-hydrogen) atoms. The van der Waals surface area contributed by atoms with Crippen molar-refractivity contribution in [2.24, 2.45) is 0 Å². The Morgan fingerprint density at radius 2 is 1.33 bits per heavy atom. The molecule has 2 rings (SSSR count). The summed E-state index contributed by atoms with van der Waals surface area (Å²) in [6, 6.07) is 6.06. The number of pyridine rings is 2. The van der Waals surface area contributed by atoms with Gasteiger partial charge < -0.3 is 29.0 Å². The second-order valence-corrected chi connectivity index (χ2v) is 8.66. The van der Waals surface area contributed by atoms with Crippen LogP contribution in [-0.4, -0.2) is 56.5 Å². The molecule has 9 nitrogen and oxygen atoms in total. The Morgan fingerprint density at radius 3 is 1.83 bits per heavy atom. The van der Waals surface area contributed by atoms with Crippen LogP contribution >= 0.6 is 0 Å². The van der Waals surface area contributed by atoms with Crippen molar-refractivity contribution in [3.63, 3.8) is 0 Å². The topological polar surface area (TPSA) is 114 Å². The predicted octanol–water partition coefficient (Wildman–Crippen LogP) is 2.88. The molecule has 0 aromatic carbocycles. The van der Waals surface area contributed by atoms with Gasteiger partial charge in [-0.3, -0.25) is 9.59 Å². The average molecular weight is 579 g/mol. The number of aromatic nitrogens is 2. The largest absolute Gasteiger partial charge is 0.503 e. The number of rotatable bonds is 16. The standard InChI is InChI=1S/C26H37N3O6.Zr/c1-21(2)26(34)35-20-6-4-3-5-13-27(14-9-18-28-16-7-11-22(30)24(28)32)15-10-19-29-17-8-12-23(31)25(29)33;/h7-8,11-12,16-17,30-31H,1,3-6,9-10,13-15,18-20H2,2H3;. The number of ether oxygens (including phenoxy) is 1. The van der Waals surface area contributed by atoms with Crippen molar-refractivity contribution in [2.45, 2.75) is 58.5 Å². The van der Waals surface area contributed by atoms with E-state index in [1.807, 2.05) is 0 Å². The van der Waals surface area contributed by atoms with Crippen LogP contribution in [0.25, 0.3) is 0 Å². The quantitative estimate of drug-likeness (QED) is 0.179. The van der Waals surface area contributed by atoms with Crippen LogP contribution in [0.3, 0.4) is 0 Å². The molecule has 0 amide bonds. The first kappa shape index (κ1) is 31.6. The molecule has 10 heteroatoms. The van der Waals surface area contributed by atoms with Gasteiger partial charge in [0.15, 0.2) is 11.5 Å². The predicted molar refractivity (Wildman–Crippen MR) is 135 cm³/mol. The van der Waals surface area contributed by atoms with Gasteiger partial charge in [0.25, 0.3) is 11.1 Å². The van der Waals surface area contributed by atoms with Crippen molar-refractivity contribution in [2.75, 3.05) is 26.2 Å². The molecular formula is C26H37N3O6Zr. The summed E-state index contributed by atoms with van der Waals surface area (Å²) in [5, 5.41) is 19.2. The summed E-state index contributed by atoms with van der Waals surface area (Å²) >= 11 is 0. The minimum absolute atomic E-state index is 0. The first-order chi connectivity index (χ1) is 16.8. The molecule has 0 bridgehead atoms. The maximum atomic E-state index is 12.0. The van der Waals surface area contributed by atoms with Gasteiger partial charge in [0, 0.05) is 57.3 Å². The van der Waals surface area contributed by atoms with Crippen molar-refractivity contribution in [3.8, 4) is 11.5 Å². The summed E-state index contributed by atoms with van der Waals surface area (Å²) in [7, 11) is 0. The second kappa shape index (κ2) is 17.1. The van der Waals surface area contributed by atoms with Crippen molar-refractivity contribution < 1.29 is 45.9 Å². The molecule has 2 heterocycles. The van der Waals surface area contributed by atoms with Gasteiger partial charge in [0.2, 0.25) is 0 Å². The zero-order valence-corrected chi connectivity index (χ0v) is 23.5. The number of esters is 1. The summed E-state index contributed by atoms with van der Waals surface area (Å²) in [6.07, 6.45) is 8.56. The molecule has 0 fully saturated rings. The molecule has 2 aromatic rings. The van der Waals surface area contributed by atoms with Crippen LogP contribution in [0.1, 0.15) is 45.4 Å². The maximum Gasteiger partial charge on any atom is 0.333 e. The fourth-order valence-electron chi connectivity index (χ4n) is 3.74. The molecule has 0 spiro atoms. The van der Waals surface area contributed by atoms with Gasteiger partial charge in [-0.05, 0) is 76.5 Å². The fraction of sp³-hybridized carbons (Fsp3) is 0.500.